The van der Waals surface area contributed by atoms with Gasteiger partial charge in [0.05, 0.1) is 5.69 Å². The Bertz CT molecular complexity index is 939. The first-order valence-electron chi connectivity index (χ1n) is 9.74. The summed E-state index contributed by atoms with van der Waals surface area (Å²) < 4.78 is 28.4. The van der Waals surface area contributed by atoms with Gasteiger partial charge in [0.2, 0.25) is 0 Å². The van der Waals surface area contributed by atoms with Gasteiger partial charge in [0, 0.05) is 24.4 Å². The molecule has 27 heavy (non-hydrogen) atoms. The molecule has 8 nitrogen and oxygen atoms in total. The molecule has 2 bridgehead atoms. The number of aromatic nitrogens is 4. The molecule has 0 saturated heterocycles. The first kappa shape index (κ1) is 17.0. The van der Waals surface area contributed by atoms with E-state index >= 15 is 0 Å². The van der Waals surface area contributed by atoms with Crippen LogP contribution in [0.1, 0.15) is 56.7 Å². The molecule has 0 radical (unpaired) electrons. The topological polar surface area (TPSA) is 113 Å². The minimum atomic E-state index is -3.82. The fraction of sp³-hybridized carbons (Fsp3) is 0.611. The predicted octanol–water partition coefficient (Wildman–Crippen LogP) is 2.87. The van der Waals surface area contributed by atoms with Crippen LogP contribution in [0.25, 0.3) is 0 Å². The summed E-state index contributed by atoms with van der Waals surface area (Å²) >= 11 is 0. The summed E-state index contributed by atoms with van der Waals surface area (Å²) in [6.45, 7) is 0. The highest BCUT2D eigenvalue weighted by atomic mass is 32.2. The van der Waals surface area contributed by atoms with Gasteiger partial charge in [-0.05, 0) is 50.0 Å². The molecule has 3 fully saturated rings. The molecule has 0 aromatic carbocycles. The Labute approximate surface area is 158 Å². The number of nitrogens with zero attached hydrogens (tertiary/aromatic N) is 3. The Balaban J connectivity index is 1.35. The van der Waals surface area contributed by atoms with Crippen molar-refractivity contribution < 1.29 is 8.42 Å². The van der Waals surface area contributed by atoms with E-state index in [1.54, 1.807) is 12.3 Å². The molecule has 0 amide bonds. The van der Waals surface area contributed by atoms with Crippen LogP contribution in [-0.4, -0.2) is 34.6 Å². The van der Waals surface area contributed by atoms with Crippen molar-refractivity contribution in [3.8, 4) is 0 Å². The number of pyridine rings is 1. The lowest BCUT2D eigenvalue weighted by Crippen LogP contribution is -2.27. The van der Waals surface area contributed by atoms with E-state index < -0.39 is 10.0 Å². The Hall–Kier alpha value is -2.16. The molecule has 144 valence electrons. The first-order chi connectivity index (χ1) is 13.1. The SMILES string of the molecule is O=S(=O)(Nc1n[nH]c(C2CCC2)n1)c1cnccc1N[C@@H]1C[C@H]2CC[C@@H]1C2. The molecular formula is C18H24N6O2S. The van der Waals surface area contributed by atoms with Crippen LogP contribution in [0.2, 0.25) is 0 Å². The largest absolute Gasteiger partial charge is 0.381 e. The zero-order valence-electron chi connectivity index (χ0n) is 15.1. The Morgan fingerprint density at radius 2 is 2.04 bits per heavy atom. The Morgan fingerprint density at radius 3 is 2.74 bits per heavy atom. The molecule has 3 aliphatic rings. The average Bonchev–Trinajstić information content (AvgIpc) is 3.31. The van der Waals surface area contributed by atoms with Crippen LogP contribution in [0.4, 0.5) is 11.6 Å². The number of rotatable bonds is 6. The maximum atomic E-state index is 12.9. The molecule has 3 N–H and O–H groups in total. The number of hydrogen-bond acceptors (Lipinski definition) is 6. The van der Waals surface area contributed by atoms with Gasteiger partial charge in [-0.25, -0.2) is 13.1 Å². The van der Waals surface area contributed by atoms with Gasteiger partial charge in [-0.3, -0.25) is 10.1 Å². The first-order valence-corrected chi connectivity index (χ1v) is 11.2. The van der Waals surface area contributed by atoms with Gasteiger partial charge in [-0.15, -0.1) is 5.10 Å². The molecule has 3 atom stereocenters. The van der Waals surface area contributed by atoms with Crippen LogP contribution in [-0.2, 0) is 10.0 Å². The molecule has 9 heteroatoms. The van der Waals surface area contributed by atoms with Gasteiger partial charge in [0.1, 0.15) is 10.7 Å². The molecule has 3 saturated carbocycles. The van der Waals surface area contributed by atoms with E-state index in [0.29, 0.717) is 23.6 Å². The van der Waals surface area contributed by atoms with E-state index in [4.69, 9.17) is 0 Å². The number of nitrogens with one attached hydrogen (secondary N) is 3. The van der Waals surface area contributed by atoms with Crippen LogP contribution in [0.3, 0.4) is 0 Å². The van der Waals surface area contributed by atoms with Crippen LogP contribution in [0.15, 0.2) is 23.4 Å². The summed E-state index contributed by atoms with van der Waals surface area (Å²) in [4.78, 5) is 8.47. The average molecular weight is 388 g/mol. The second-order valence-corrected chi connectivity index (χ2v) is 9.73. The van der Waals surface area contributed by atoms with Crippen LogP contribution in [0.5, 0.6) is 0 Å². The lowest BCUT2D eigenvalue weighted by molar-refractivity contribution is 0.402. The lowest BCUT2D eigenvalue weighted by Gasteiger charge is -2.25. The molecule has 2 aromatic rings. The van der Waals surface area contributed by atoms with Crippen molar-refractivity contribution >= 4 is 21.7 Å². The normalized spacial score (nSPS) is 27.5. The number of aromatic amines is 1. The molecule has 5 rings (SSSR count). The fourth-order valence-corrected chi connectivity index (χ4v) is 5.75. The van der Waals surface area contributed by atoms with E-state index in [0.717, 1.165) is 31.0 Å². The van der Waals surface area contributed by atoms with Crippen molar-refractivity contribution in [1.82, 2.24) is 20.2 Å². The van der Waals surface area contributed by atoms with Gasteiger partial charge in [-0.1, -0.05) is 12.8 Å². The molecule has 2 aromatic heterocycles. The van der Waals surface area contributed by atoms with Crippen molar-refractivity contribution in [2.45, 2.75) is 61.8 Å². The maximum Gasteiger partial charge on any atom is 0.267 e. The van der Waals surface area contributed by atoms with Crippen molar-refractivity contribution in [2.24, 2.45) is 11.8 Å². The van der Waals surface area contributed by atoms with E-state index in [9.17, 15) is 8.42 Å². The Kier molecular flexibility index (Phi) is 4.07. The van der Waals surface area contributed by atoms with Gasteiger partial charge in [0.25, 0.3) is 16.0 Å². The van der Waals surface area contributed by atoms with Crippen LogP contribution < -0.4 is 10.0 Å². The van der Waals surface area contributed by atoms with E-state index in [-0.39, 0.29) is 10.8 Å². The minimum Gasteiger partial charge on any atom is -0.381 e. The predicted molar refractivity (Wildman–Crippen MR) is 101 cm³/mol. The summed E-state index contributed by atoms with van der Waals surface area (Å²) in [5, 5.41) is 10.3. The monoisotopic (exact) mass is 388 g/mol. The van der Waals surface area contributed by atoms with E-state index in [1.165, 1.54) is 31.9 Å². The third-order valence-electron chi connectivity index (χ3n) is 6.37. The number of sulfonamides is 1. The second kappa shape index (κ2) is 6.47. The molecule has 0 unspecified atom stereocenters. The quantitative estimate of drug-likeness (QED) is 0.701. The Morgan fingerprint density at radius 1 is 1.15 bits per heavy atom. The van der Waals surface area contributed by atoms with Crippen molar-refractivity contribution in [1.29, 1.82) is 0 Å². The number of hydrogen-bond donors (Lipinski definition) is 3. The van der Waals surface area contributed by atoms with Crippen molar-refractivity contribution in [3.05, 3.63) is 24.3 Å². The standard InChI is InChI=1S/C18H24N6O2S/c25-27(26,24-18-21-17(22-23-18)12-2-1-3-12)16-10-19-7-6-14(16)20-15-9-11-4-5-13(15)8-11/h6-7,10-13,15H,1-5,8-9H2,(H,19,20)(H2,21,22,23,24)/t11-,13+,15+/m0/s1. The van der Waals surface area contributed by atoms with Gasteiger partial charge >= 0.3 is 0 Å². The summed E-state index contributed by atoms with van der Waals surface area (Å²) in [6, 6.07) is 2.08. The summed E-state index contributed by atoms with van der Waals surface area (Å²) in [6.07, 6.45) is 11.2. The molecule has 2 heterocycles. The smallest absolute Gasteiger partial charge is 0.267 e. The highest BCUT2D eigenvalue weighted by Crippen LogP contribution is 2.46. The highest BCUT2D eigenvalue weighted by molar-refractivity contribution is 7.92. The molecular weight excluding hydrogens is 364 g/mol. The van der Waals surface area contributed by atoms with Crippen LogP contribution >= 0.6 is 0 Å². The molecule has 3 aliphatic carbocycles. The maximum absolute atomic E-state index is 12.9. The number of fused-ring (bicyclic) bond motifs is 2. The minimum absolute atomic E-state index is 0.0895. The summed E-state index contributed by atoms with van der Waals surface area (Å²) in [5.41, 5.74) is 0.602. The number of anilines is 2. The van der Waals surface area contributed by atoms with Gasteiger partial charge in [-0.2, -0.15) is 4.98 Å². The third-order valence-corrected chi connectivity index (χ3v) is 7.73. The number of H-pyrrole nitrogens is 1. The lowest BCUT2D eigenvalue weighted by atomic mass is 9.85. The van der Waals surface area contributed by atoms with E-state index in [1.807, 2.05) is 0 Å². The zero-order valence-corrected chi connectivity index (χ0v) is 15.9. The molecule has 0 aliphatic heterocycles. The zero-order chi connectivity index (χ0) is 18.4. The van der Waals surface area contributed by atoms with Gasteiger partial charge < -0.3 is 5.32 Å². The highest BCUT2D eigenvalue weighted by Gasteiger charge is 2.40. The fourth-order valence-electron chi connectivity index (χ4n) is 4.69. The summed E-state index contributed by atoms with van der Waals surface area (Å²) in [5.74, 6) is 2.64. The van der Waals surface area contributed by atoms with Crippen LogP contribution in [0, 0.1) is 11.8 Å². The second-order valence-electron chi connectivity index (χ2n) is 8.08. The third kappa shape index (κ3) is 3.18. The summed E-state index contributed by atoms with van der Waals surface area (Å²) in [7, 11) is -3.82. The van der Waals surface area contributed by atoms with E-state index in [2.05, 4.69) is 30.2 Å². The van der Waals surface area contributed by atoms with Crippen molar-refractivity contribution in [2.75, 3.05) is 10.0 Å². The van der Waals surface area contributed by atoms with Gasteiger partial charge in [0.15, 0.2) is 0 Å². The van der Waals surface area contributed by atoms with Crippen molar-refractivity contribution in [3.63, 3.8) is 0 Å². The molecule has 0 spiro atoms.